The third-order valence-electron chi connectivity index (χ3n) is 16.9. The summed E-state index contributed by atoms with van der Waals surface area (Å²) in [6.07, 6.45) is 6.83. The summed E-state index contributed by atoms with van der Waals surface area (Å²) in [5.74, 6) is 1.09. The van der Waals surface area contributed by atoms with Crippen LogP contribution in [0.5, 0.6) is 23.1 Å². The maximum Gasteiger partial charge on any atom is 0.417 e. The molecule has 10 aromatic rings. The first-order valence-electron chi connectivity index (χ1n) is 33.9. The number of alkyl halides is 3. The van der Waals surface area contributed by atoms with Crippen molar-refractivity contribution in [1.29, 1.82) is 10.5 Å². The first-order chi connectivity index (χ1) is 50.2. The number of para-hydroxylation sites is 1. The van der Waals surface area contributed by atoms with E-state index in [0.29, 0.717) is 49.3 Å². The highest BCUT2D eigenvalue weighted by Crippen LogP contribution is 2.49. The van der Waals surface area contributed by atoms with Gasteiger partial charge >= 0.3 is 12.1 Å². The molecular weight excluding hydrogens is 1430 g/mol. The van der Waals surface area contributed by atoms with Gasteiger partial charge in [0.25, 0.3) is 5.69 Å². The number of rotatable bonds is 11. The van der Waals surface area contributed by atoms with Crippen molar-refractivity contribution in [2.75, 3.05) is 16.4 Å². The smallest absolute Gasteiger partial charge is 0.417 e. The van der Waals surface area contributed by atoms with Crippen molar-refractivity contribution in [1.82, 2.24) is 9.97 Å². The van der Waals surface area contributed by atoms with E-state index in [2.05, 4.69) is 121 Å². The molecule has 12 rings (SSSR count). The SMILES string of the molecule is Cc1cc(Cl)ccc1[N+](=O)[O-].Cc1ccc(N=Cc2cc(Cl)cc(Cl)c2O)cc1.Cc1ccc(NC2(C#N)CC(C)(C)CC2C)cc1.Cc1ccc(NC2(C#N)CCCCC2)cc1.Cc1ccc(OC(=O)c2ccc(Cl)nc2)cc1.Cc1ccc(Oc2ccc(C(F)(F)F)cn2)cc1.Cc1ccccc1N. The number of aliphatic imine (C=N–C) groups is 1. The molecule has 2 fully saturated rings. The average Bonchev–Trinajstić information content (AvgIpc) is 1.63. The largest absolute Gasteiger partial charge is 0.506 e. The molecule has 2 aliphatic carbocycles. The third-order valence-corrected chi connectivity index (χ3v) is 17.9. The molecule has 2 atom stereocenters. The van der Waals surface area contributed by atoms with Gasteiger partial charge in [-0.1, -0.05) is 193 Å². The van der Waals surface area contributed by atoms with Crippen LogP contribution in [0.3, 0.4) is 0 Å². The summed E-state index contributed by atoms with van der Waals surface area (Å²) in [6, 6.07) is 64.3. The quantitative estimate of drug-likeness (QED) is 0.0180. The molecule has 0 saturated heterocycles. The molecule has 2 aromatic heterocycles. The van der Waals surface area contributed by atoms with Gasteiger partial charge in [-0.25, -0.2) is 14.8 Å². The Morgan fingerprint density at radius 1 is 0.660 bits per heavy atom. The molecule has 0 bridgehead atoms. The van der Waals surface area contributed by atoms with Crippen LogP contribution in [-0.4, -0.2) is 43.3 Å². The Kier molecular flexibility index (Phi) is 32.0. The number of aryl methyl sites for hydroxylation is 7. The number of carbonyl (C=O) groups excluding carboxylic acids is 1. The second kappa shape index (κ2) is 40.1. The number of pyridine rings is 2. The van der Waals surface area contributed by atoms with Crippen molar-refractivity contribution in [3.8, 4) is 35.3 Å². The minimum atomic E-state index is -4.38. The summed E-state index contributed by atoms with van der Waals surface area (Å²) < 4.78 is 47.4. The van der Waals surface area contributed by atoms with Gasteiger partial charge in [-0.2, -0.15) is 23.7 Å². The summed E-state index contributed by atoms with van der Waals surface area (Å²) in [5.41, 5.74) is 16.6. The number of halogens is 7. The number of nitrogens with two attached hydrogens (primary N) is 1. The number of nitrogens with zero attached hydrogens (tertiary/aromatic N) is 6. The predicted molar refractivity (Wildman–Crippen MR) is 422 cm³/mol. The van der Waals surface area contributed by atoms with Crippen LogP contribution in [0.15, 0.2) is 218 Å². The predicted octanol–water partition coefficient (Wildman–Crippen LogP) is 24.1. The van der Waals surface area contributed by atoms with Crippen LogP contribution < -0.4 is 25.8 Å². The van der Waals surface area contributed by atoms with E-state index in [1.165, 1.54) is 59.8 Å². The van der Waals surface area contributed by atoms with Gasteiger partial charge in [0.1, 0.15) is 33.5 Å². The van der Waals surface area contributed by atoms with E-state index in [9.17, 15) is 43.7 Å². The number of benzene rings is 8. The van der Waals surface area contributed by atoms with E-state index >= 15 is 0 Å². The fourth-order valence-corrected chi connectivity index (χ4v) is 11.9. The van der Waals surface area contributed by atoms with Crippen LogP contribution >= 0.6 is 46.4 Å². The van der Waals surface area contributed by atoms with Gasteiger partial charge in [0, 0.05) is 69.0 Å². The number of anilines is 3. The monoisotopic (exact) mass is 1510 g/mol. The minimum Gasteiger partial charge on any atom is -0.506 e. The number of phenolic OH excluding ortho intramolecular Hbond substituents is 1. The maximum atomic E-state index is 12.3. The maximum absolute atomic E-state index is 12.3. The normalized spacial score (nSPS) is 15.0. The molecule has 0 radical (unpaired) electrons. The number of hydrogen-bond donors (Lipinski definition) is 4. The standard InChI is InChI=1S/C16H22N2.C14H11Cl2NO.C14H18N2.C13H10ClNO2.C13H10F3NO.C7H6ClNO2.C7H9N/c1-12-5-7-14(8-6-12)18-16(11-17)10-15(3,4)9-13(16)2;1-9-2-4-12(5-3-9)17-8-10-6-11(15)7-13(16)14(10)18;1-12-5-7-13(8-6-12)16-14(11-15)9-3-2-4-10-14;1-9-2-5-11(6-3-9)17-13(16)10-4-7-12(14)15-8-10;1-9-2-5-11(6-3-9)18-12-7-4-10(8-17-12)13(14,15)16;1-5-4-6(8)2-3-7(5)9(10)11;1-6-4-2-3-5-7(6)8/h5-8,13,18H,9-10H2,1-4H3;2-8,18H,1H3;5-8,16H,2-4,9-10H2,1H3;2-8H,1H3;2-8H,1H3;2-4H,1H3;2-5H,8H2,1H3. The molecule has 0 aliphatic heterocycles. The Morgan fingerprint density at radius 2 is 1.21 bits per heavy atom. The van der Waals surface area contributed by atoms with Crippen LogP contribution in [0.2, 0.25) is 20.2 Å². The van der Waals surface area contributed by atoms with Crippen molar-refractivity contribution in [2.45, 2.75) is 131 Å². The number of nitriles is 2. The molecule has 22 heteroatoms. The molecule has 5 N–H and O–H groups in total. The van der Waals surface area contributed by atoms with Crippen LogP contribution in [0.1, 0.15) is 126 Å². The van der Waals surface area contributed by atoms with Gasteiger partial charge in [-0.15, -0.1) is 0 Å². The summed E-state index contributed by atoms with van der Waals surface area (Å²) in [7, 11) is 0. The highest BCUT2D eigenvalue weighted by molar-refractivity contribution is 6.36. The van der Waals surface area contributed by atoms with Gasteiger partial charge in [0.15, 0.2) is 0 Å². The zero-order chi connectivity index (χ0) is 77.8. The molecular formula is C84H86Cl4F3N9O6. The number of nitrogens with one attached hydrogen (secondary N) is 2. The van der Waals surface area contributed by atoms with Crippen molar-refractivity contribution >= 4 is 87.0 Å². The molecule has 0 spiro atoms. The number of hydrogen-bond acceptors (Lipinski definition) is 14. The Labute approximate surface area is 639 Å². The fraction of sp³-hybridized carbons (Fsp3) is 0.262. The lowest BCUT2D eigenvalue weighted by atomic mass is 9.82. The Hall–Kier alpha value is -10.5. The van der Waals surface area contributed by atoms with Crippen LogP contribution in [0, 0.1) is 92.6 Å². The zero-order valence-electron chi connectivity index (χ0n) is 60.7. The topological polar surface area (TPSA) is 235 Å². The minimum absolute atomic E-state index is 0.0167. The number of phenols is 1. The molecule has 2 heterocycles. The average molecular weight is 1520 g/mol. The van der Waals surface area contributed by atoms with E-state index in [4.69, 9.17) is 61.6 Å². The molecule has 2 saturated carbocycles. The van der Waals surface area contributed by atoms with E-state index < -0.39 is 28.2 Å². The van der Waals surface area contributed by atoms with E-state index in [-0.39, 0.29) is 33.3 Å². The van der Waals surface area contributed by atoms with Crippen molar-refractivity contribution in [2.24, 2.45) is 16.3 Å². The molecule has 552 valence electrons. The van der Waals surface area contributed by atoms with Gasteiger partial charge in [0.05, 0.1) is 38.9 Å². The molecule has 2 unspecified atom stereocenters. The molecule has 8 aromatic carbocycles. The summed E-state index contributed by atoms with van der Waals surface area (Å²) in [5, 5.41) is 47.5. The van der Waals surface area contributed by atoms with Crippen molar-refractivity contribution < 1.29 is 37.5 Å². The van der Waals surface area contributed by atoms with Crippen molar-refractivity contribution in [3.63, 3.8) is 0 Å². The van der Waals surface area contributed by atoms with Crippen LogP contribution in [-0.2, 0) is 6.18 Å². The van der Waals surface area contributed by atoms with Gasteiger partial charge in [-0.05, 0) is 200 Å². The van der Waals surface area contributed by atoms with Crippen molar-refractivity contribution in [3.05, 3.63) is 299 Å². The second-order valence-corrected chi connectivity index (χ2v) is 28.3. The van der Waals surface area contributed by atoms with E-state index in [1.807, 2.05) is 100 Å². The lowest BCUT2D eigenvalue weighted by molar-refractivity contribution is -0.385. The van der Waals surface area contributed by atoms with E-state index in [0.717, 1.165) is 90.2 Å². The Morgan fingerprint density at radius 3 is 1.67 bits per heavy atom. The fourth-order valence-electron chi connectivity index (χ4n) is 11.1. The van der Waals surface area contributed by atoms with Gasteiger partial charge in [-0.3, -0.25) is 15.1 Å². The number of aromatic hydroxyl groups is 1. The van der Waals surface area contributed by atoms with E-state index in [1.54, 1.807) is 55.5 Å². The van der Waals surface area contributed by atoms with Gasteiger partial charge in [0.2, 0.25) is 5.88 Å². The second-order valence-electron chi connectivity index (χ2n) is 26.6. The lowest BCUT2D eigenvalue weighted by Crippen LogP contribution is -2.39. The molecule has 2 aliphatic rings. The van der Waals surface area contributed by atoms with Gasteiger partial charge < -0.3 is 30.9 Å². The number of carbonyl (C=O) groups is 1. The number of esters is 1. The summed E-state index contributed by atoms with van der Waals surface area (Å²) >= 11 is 22.9. The number of aromatic nitrogens is 2. The Bertz CT molecular complexity index is 4570. The lowest BCUT2D eigenvalue weighted by Gasteiger charge is -2.32. The summed E-state index contributed by atoms with van der Waals surface area (Å²) in [4.78, 5) is 33.3. The number of ether oxygens (including phenoxy) is 2. The Balaban J connectivity index is 0.000000196. The third kappa shape index (κ3) is 27.9. The van der Waals surface area contributed by atoms with Crippen LogP contribution in [0.25, 0.3) is 0 Å². The van der Waals surface area contributed by atoms with Crippen LogP contribution in [0.4, 0.5) is 41.6 Å². The zero-order valence-corrected chi connectivity index (χ0v) is 63.7. The summed E-state index contributed by atoms with van der Waals surface area (Å²) in [6.45, 7) is 20.4. The number of nitro groups is 1. The molecule has 15 nitrogen and oxygen atoms in total. The number of nitro benzene ring substituents is 1. The first-order valence-corrected chi connectivity index (χ1v) is 35.4. The molecule has 106 heavy (non-hydrogen) atoms. The highest BCUT2D eigenvalue weighted by Gasteiger charge is 2.49. The number of nitrogen functional groups attached to an aromatic ring is 1. The molecule has 0 amide bonds. The first kappa shape index (κ1) is 84.5. The highest BCUT2D eigenvalue weighted by atomic mass is 35.5.